The van der Waals surface area contributed by atoms with E-state index >= 15 is 0 Å². The Morgan fingerprint density at radius 2 is 1.12 bits per heavy atom. The van der Waals surface area contributed by atoms with Crippen LogP contribution in [0, 0.1) is 11.8 Å². The van der Waals surface area contributed by atoms with Gasteiger partial charge in [0.05, 0.1) is 0 Å². The summed E-state index contributed by atoms with van der Waals surface area (Å²) >= 11 is -0.195. The van der Waals surface area contributed by atoms with E-state index in [-0.39, 0.29) is 33.8 Å². The molecule has 100 valence electrons. The molecule has 2 atom stereocenters. The third kappa shape index (κ3) is 10.8. The molecule has 0 aromatic carbocycles. The van der Waals surface area contributed by atoms with Crippen molar-refractivity contribution in [1.29, 1.82) is 0 Å². The van der Waals surface area contributed by atoms with Gasteiger partial charge in [-0.25, -0.2) is 0 Å². The number of unbranched alkanes of at least 4 members (excludes halogenated alkanes) is 2. The van der Waals surface area contributed by atoms with E-state index in [0.717, 1.165) is 11.8 Å². The molecule has 0 spiro atoms. The van der Waals surface area contributed by atoms with Crippen LogP contribution in [-0.4, -0.2) is 33.8 Å². The SMILES string of the molecule is CCCCC(CC)[CH2][Ca][CH2]C(CC)CCCC. The van der Waals surface area contributed by atoms with Crippen LogP contribution in [0.1, 0.15) is 79.1 Å². The monoisotopic (exact) mass is 266 g/mol. The Balaban J connectivity index is 3.61. The molecule has 0 aliphatic rings. The predicted octanol–water partition coefficient (Wildman–Crippen LogP) is 5.96. The van der Waals surface area contributed by atoms with Crippen molar-refractivity contribution in [2.24, 2.45) is 11.8 Å². The van der Waals surface area contributed by atoms with Gasteiger partial charge in [0.2, 0.25) is 0 Å². The molecule has 0 aliphatic carbocycles. The first-order chi connectivity index (χ1) is 8.28. The Morgan fingerprint density at radius 1 is 0.706 bits per heavy atom. The summed E-state index contributed by atoms with van der Waals surface area (Å²) in [5, 5.41) is 0. The molecule has 0 N–H and O–H groups in total. The van der Waals surface area contributed by atoms with Gasteiger partial charge in [0.25, 0.3) is 0 Å². The van der Waals surface area contributed by atoms with E-state index in [2.05, 4.69) is 27.7 Å². The average molecular weight is 267 g/mol. The van der Waals surface area contributed by atoms with Crippen molar-refractivity contribution in [3.05, 3.63) is 0 Å². The van der Waals surface area contributed by atoms with Crippen molar-refractivity contribution in [2.75, 3.05) is 0 Å². The summed E-state index contributed by atoms with van der Waals surface area (Å²) in [6, 6.07) is 0. The molecule has 0 bridgehead atoms. The van der Waals surface area contributed by atoms with Gasteiger partial charge in [0.1, 0.15) is 0 Å². The maximum atomic E-state index is 2.40. The summed E-state index contributed by atoms with van der Waals surface area (Å²) in [5.74, 6) is 2.19. The number of rotatable bonds is 12. The van der Waals surface area contributed by atoms with Gasteiger partial charge in [-0.1, -0.05) is 0 Å². The Hall–Kier alpha value is 1.26. The van der Waals surface area contributed by atoms with Crippen LogP contribution in [-0.2, 0) is 0 Å². The third-order valence-electron chi connectivity index (χ3n) is 4.31. The maximum absolute atomic E-state index is 2.40. The molecule has 0 radical (unpaired) electrons. The van der Waals surface area contributed by atoms with Crippen LogP contribution < -0.4 is 0 Å². The molecule has 0 aromatic rings. The molecule has 2 unspecified atom stereocenters. The van der Waals surface area contributed by atoms with E-state index in [4.69, 9.17) is 0 Å². The van der Waals surface area contributed by atoms with Gasteiger partial charge in [0, 0.05) is 0 Å². The quantitative estimate of drug-likeness (QED) is 0.382. The van der Waals surface area contributed by atoms with Gasteiger partial charge < -0.3 is 0 Å². The fraction of sp³-hybridized carbons (Fsp3) is 1.00. The topological polar surface area (TPSA) is 0 Å². The fourth-order valence-corrected chi connectivity index (χ4v) is 7.13. The predicted molar refractivity (Wildman–Crippen MR) is 82.0 cm³/mol. The molecule has 0 saturated heterocycles. The van der Waals surface area contributed by atoms with Crippen LogP contribution in [0.3, 0.4) is 0 Å². The van der Waals surface area contributed by atoms with Crippen LogP contribution >= 0.6 is 0 Å². The van der Waals surface area contributed by atoms with E-state index in [0.29, 0.717) is 0 Å². The Labute approximate surface area is 129 Å². The molecule has 0 aromatic heterocycles. The molecule has 0 saturated carbocycles. The second kappa shape index (κ2) is 13.7. The first kappa shape index (κ1) is 18.3. The van der Waals surface area contributed by atoms with Crippen molar-refractivity contribution in [3.63, 3.8) is 0 Å². The van der Waals surface area contributed by atoms with Crippen LogP contribution in [0.4, 0.5) is 0 Å². The summed E-state index contributed by atoms with van der Waals surface area (Å²) in [6.45, 7) is 9.45. The first-order valence-corrected chi connectivity index (χ1v) is 11.4. The molecule has 0 rings (SSSR count). The van der Waals surface area contributed by atoms with Crippen molar-refractivity contribution in [3.8, 4) is 0 Å². The summed E-state index contributed by atoms with van der Waals surface area (Å²) < 4.78 is 3.35. The van der Waals surface area contributed by atoms with E-state index in [1.165, 1.54) is 51.4 Å². The molecule has 1 heteroatoms. The molecule has 0 heterocycles. The Morgan fingerprint density at radius 3 is 1.41 bits per heavy atom. The van der Waals surface area contributed by atoms with Crippen LogP contribution in [0.5, 0.6) is 0 Å². The van der Waals surface area contributed by atoms with Crippen LogP contribution in [0.2, 0.25) is 5.04 Å². The molecular formula is C16H34Ca. The van der Waals surface area contributed by atoms with E-state index in [9.17, 15) is 0 Å². The molecular weight excluding hydrogens is 232 g/mol. The zero-order chi connectivity index (χ0) is 12.9. The molecule has 0 nitrogen and oxygen atoms in total. The van der Waals surface area contributed by atoms with Gasteiger partial charge in [-0.3, -0.25) is 0 Å². The van der Waals surface area contributed by atoms with Crippen LogP contribution in [0.25, 0.3) is 0 Å². The summed E-state index contributed by atoms with van der Waals surface area (Å²) in [4.78, 5) is 0. The summed E-state index contributed by atoms with van der Waals surface area (Å²) in [7, 11) is 0. The first-order valence-electron chi connectivity index (χ1n) is 8.28. The molecule has 0 fully saturated rings. The minimum atomic E-state index is -0.195. The zero-order valence-corrected chi connectivity index (χ0v) is 15.1. The number of hydrogen-bond donors (Lipinski definition) is 0. The molecule has 17 heavy (non-hydrogen) atoms. The standard InChI is InChI=1S/2C8H17.Ca/c2*1-4-6-7-8(3)5-2;/h2*8H,3-7H2,1-2H3;. The Bertz CT molecular complexity index is 128. The summed E-state index contributed by atoms with van der Waals surface area (Å²) in [6.07, 6.45) is 11.6. The van der Waals surface area contributed by atoms with Gasteiger partial charge in [-0.05, 0) is 0 Å². The molecule has 0 amide bonds. The zero-order valence-electron chi connectivity index (χ0n) is 12.9. The normalized spacial score (nSPS) is 14.4. The average Bonchev–Trinajstić information content (AvgIpc) is 2.37. The van der Waals surface area contributed by atoms with Crippen molar-refractivity contribution < 1.29 is 0 Å². The summed E-state index contributed by atoms with van der Waals surface area (Å²) in [5.41, 5.74) is 0. The number of hydrogen-bond acceptors (Lipinski definition) is 0. The van der Waals surface area contributed by atoms with Crippen molar-refractivity contribution in [1.82, 2.24) is 0 Å². The van der Waals surface area contributed by atoms with Crippen LogP contribution in [0.15, 0.2) is 0 Å². The molecule has 0 aliphatic heterocycles. The van der Waals surface area contributed by atoms with E-state index in [1.807, 2.05) is 0 Å². The van der Waals surface area contributed by atoms with Gasteiger partial charge in [0.15, 0.2) is 0 Å². The van der Waals surface area contributed by atoms with Gasteiger partial charge in [-0.15, -0.1) is 0 Å². The van der Waals surface area contributed by atoms with Crippen molar-refractivity contribution in [2.45, 2.75) is 84.1 Å². The van der Waals surface area contributed by atoms with Gasteiger partial charge >= 0.3 is 130 Å². The minimum absolute atomic E-state index is 0.195. The van der Waals surface area contributed by atoms with Crippen molar-refractivity contribution >= 4 is 33.8 Å². The second-order valence-corrected chi connectivity index (χ2v) is 8.67. The fourth-order valence-electron chi connectivity index (χ4n) is 2.79. The van der Waals surface area contributed by atoms with Gasteiger partial charge in [-0.2, -0.15) is 0 Å². The van der Waals surface area contributed by atoms with E-state index in [1.54, 1.807) is 5.04 Å². The van der Waals surface area contributed by atoms with E-state index < -0.39 is 0 Å². The Kier molecular flexibility index (Phi) is 14.7. The third-order valence-corrected chi connectivity index (χ3v) is 8.14. The second-order valence-electron chi connectivity index (χ2n) is 5.76.